The maximum absolute atomic E-state index is 13.6. The van der Waals surface area contributed by atoms with Gasteiger partial charge in [-0.1, -0.05) is 28.8 Å². The van der Waals surface area contributed by atoms with Gasteiger partial charge in [0.05, 0.1) is 6.61 Å². The van der Waals surface area contributed by atoms with Gasteiger partial charge < -0.3 is 4.74 Å². The van der Waals surface area contributed by atoms with Crippen molar-refractivity contribution in [1.29, 1.82) is 0 Å². The van der Waals surface area contributed by atoms with Crippen molar-refractivity contribution >= 4 is 21.9 Å². The molecular weight excluding hydrogens is 270 g/mol. The van der Waals surface area contributed by atoms with Crippen molar-refractivity contribution in [3.05, 3.63) is 0 Å². The molecule has 0 aromatic carbocycles. The molecular formula is C10H15BrF2O2. The zero-order valence-electron chi connectivity index (χ0n) is 8.64. The van der Waals surface area contributed by atoms with Crippen LogP contribution >= 0.6 is 15.9 Å². The summed E-state index contributed by atoms with van der Waals surface area (Å²) in [7, 11) is 0. The minimum Gasteiger partial charge on any atom is -0.462 e. The Kier molecular flexibility index (Phi) is 4.49. The summed E-state index contributed by atoms with van der Waals surface area (Å²) >= 11 is 3.22. The van der Waals surface area contributed by atoms with Crippen molar-refractivity contribution in [2.45, 2.75) is 43.4 Å². The van der Waals surface area contributed by atoms with Gasteiger partial charge in [0.2, 0.25) is 0 Å². The van der Waals surface area contributed by atoms with Gasteiger partial charge in [-0.05, 0) is 19.8 Å². The molecule has 0 aromatic heterocycles. The Morgan fingerprint density at radius 2 is 2.07 bits per heavy atom. The van der Waals surface area contributed by atoms with Crippen molar-refractivity contribution < 1.29 is 18.3 Å². The van der Waals surface area contributed by atoms with Gasteiger partial charge in [0.25, 0.3) is 0 Å². The summed E-state index contributed by atoms with van der Waals surface area (Å²) in [5.74, 6) is -5.67. The van der Waals surface area contributed by atoms with E-state index in [4.69, 9.17) is 0 Å². The van der Waals surface area contributed by atoms with Gasteiger partial charge in [0.15, 0.2) is 0 Å². The fraction of sp³-hybridized carbons (Fsp3) is 0.900. The highest BCUT2D eigenvalue weighted by molar-refractivity contribution is 9.09. The second kappa shape index (κ2) is 5.23. The maximum atomic E-state index is 13.6. The molecule has 1 saturated carbocycles. The van der Waals surface area contributed by atoms with Gasteiger partial charge in [-0.3, -0.25) is 0 Å². The second-order valence-corrected chi connectivity index (χ2v) is 4.93. The lowest BCUT2D eigenvalue weighted by atomic mass is 9.84. The van der Waals surface area contributed by atoms with E-state index in [9.17, 15) is 13.6 Å². The van der Waals surface area contributed by atoms with Crippen molar-refractivity contribution in [1.82, 2.24) is 0 Å². The molecule has 2 nitrogen and oxygen atoms in total. The Morgan fingerprint density at radius 1 is 1.47 bits per heavy atom. The summed E-state index contributed by atoms with van der Waals surface area (Å²) in [5, 5.41) is 0. The van der Waals surface area contributed by atoms with Crippen LogP contribution in [0.1, 0.15) is 32.6 Å². The van der Waals surface area contributed by atoms with Crippen LogP contribution in [0.25, 0.3) is 0 Å². The number of carbonyl (C=O) groups excluding carboxylic acids is 1. The van der Waals surface area contributed by atoms with Gasteiger partial charge in [-0.15, -0.1) is 0 Å². The highest BCUT2D eigenvalue weighted by Gasteiger charge is 2.51. The van der Waals surface area contributed by atoms with E-state index in [0.717, 1.165) is 12.8 Å². The molecule has 1 fully saturated rings. The van der Waals surface area contributed by atoms with Crippen LogP contribution in [0.2, 0.25) is 0 Å². The number of hydrogen-bond acceptors (Lipinski definition) is 2. The average molecular weight is 285 g/mol. The van der Waals surface area contributed by atoms with Crippen LogP contribution in [0.15, 0.2) is 0 Å². The van der Waals surface area contributed by atoms with E-state index in [1.54, 1.807) is 0 Å². The van der Waals surface area contributed by atoms with Gasteiger partial charge in [-0.25, -0.2) is 4.79 Å². The standard InChI is InChI=1S/C10H15BrF2O2/c1-2-15-9(14)10(12,13)7-5-3-4-6-8(7)11/h7-8H,2-6H2,1H3/t7-,8-/m1/s1. The van der Waals surface area contributed by atoms with Crippen molar-refractivity contribution in [2.24, 2.45) is 5.92 Å². The molecule has 0 radical (unpaired) electrons. The molecule has 5 heteroatoms. The smallest absolute Gasteiger partial charge is 0.377 e. The highest BCUT2D eigenvalue weighted by atomic mass is 79.9. The molecule has 1 rings (SSSR count). The van der Waals surface area contributed by atoms with Crippen LogP contribution in [-0.2, 0) is 9.53 Å². The summed E-state index contributed by atoms with van der Waals surface area (Å²) in [6.45, 7) is 1.52. The number of carbonyl (C=O) groups is 1. The average Bonchev–Trinajstić information content (AvgIpc) is 2.18. The van der Waals surface area contributed by atoms with E-state index in [1.807, 2.05) is 0 Å². The highest BCUT2D eigenvalue weighted by Crippen LogP contribution is 2.40. The van der Waals surface area contributed by atoms with E-state index in [-0.39, 0.29) is 11.4 Å². The number of esters is 1. The maximum Gasteiger partial charge on any atom is 0.377 e. The molecule has 1 aliphatic rings. The Balaban J connectivity index is 2.69. The zero-order valence-corrected chi connectivity index (χ0v) is 10.2. The minimum atomic E-state index is -3.36. The topological polar surface area (TPSA) is 26.3 Å². The minimum absolute atomic E-state index is 0.00586. The molecule has 0 spiro atoms. The Morgan fingerprint density at radius 3 is 2.60 bits per heavy atom. The Labute approximate surface area is 96.5 Å². The number of hydrogen-bond donors (Lipinski definition) is 0. The summed E-state index contributed by atoms with van der Waals surface area (Å²) in [6, 6.07) is 0. The van der Waals surface area contributed by atoms with Gasteiger partial charge in [-0.2, -0.15) is 8.78 Å². The first-order valence-electron chi connectivity index (χ1n) is 5.19. The first-order valence-corrected chi connectivity index (χ1v) is 6.10. The molecule has 0 N–H and O–H groups in total. The third-order valence-corrected chi connectivity index (χ3v) is 3.79. The van der Waals surface area contributed by atoms with Gasteiger partial charge in [0, 0.05) is 10.7 Å². The molecule has 0 bridgehead atoms. The number of halogens is 3. The number of rotatable bonds is 3. The summed E-state index contributed by atoms with van der Waals surface area (Å²) in [6.07, 6.45) is 2.76. The largest absolute Gasteiger partial charge is 0.462 e. The van der Waals surface area contributed by atoms with Crippen molar-refractivity contribution in [2.75, 3.05) is 6.61 Å². The predicted molar refractivity (Wildman–Crippen MR) is 56.3 cm³/mol. The van der Waals surface area contributed by atoms with E-state index >= 15 is 0 Å². The summed E-state index contributed by atoms with van der Waals surface area (Å²) in [4.78, 5) is 10.8. The lowest BCUT2D eigenvalue weighted by molar-refractivity contribution is -0.181. The fourth-order valence-electron chi connectivity index (χ4n) is 1.87. The van der Waals surface area contributed by atoms with Crippen LogP contribution in [-0.4, -0.2) is 23.3 Å². The summed E-state index contributed by atoms with van der Waals surface area (Å²) in [5.41, 5.74) is 0. The van der Waals surface area contributed by atoms with Crippen LogP contribution in [0.3, 0.4) is 0 Å². The van der Waals surface area contributed by atoms with Crippen LogP contribution in [0.5, 0.6) is 0 Å². The molecule has 0 unspecified atom stereocenters. The van der Waals surface area contributed by atoms with Crippen LogP contribution in [0, 0.1) is 5.92 Å². The SMILES string of the molecule is CCOC(=O)C(F)(F)[C@@H]1CCCC[C@H]1Br. The van der Waals surface area contributed by atoms with Crippen LogP contribution in [0.4, 0.5) is 8.78 Å². The zero-order chi connectivity index (χ0) is 11.5. The first-order chi connectivity index (χ1) is 7.00. The van der Waals surface area contributed by atoms with Gasteiger partial charge >= 0.3 is 11.9 Å². The third kappa shape index (κ3) is 2.89. The number of alkyl halides is 3. The van der Waals surface area contributed by atoms with E-state index in [1.165, 1.54) is 6.92 Å². The second-order valence-electron chi connectivity index (χ2n) is 3.75. The molecule has 1 aliphatic carbocycles. The number of ether oxygens (including phenoxy) is 1. The molecule has 0 amide bonds. The van der Waals surface area contributed by atoms with Crippen molar-refractivity contribution in [3.8, 4) is 0 Å². The molecule has 0 aromatic rings. The molecule has 15 heavy (non-hydrogen) atoms. The predicted octanol–water partition coefficient (Wildman–Crippen LogP) is 3.14. The van der Waals surface area contributed by atoms with E-state index in [0.29, 0.717) is 12.8 Å². The molecule has 88 valence electrons. The van der Waals surface area contributed by atoms with E-state index < -0.39 is 17.8 Å². The normalized spacial score (nSPS) is 27.5. The lowest BCUT2D eigenvalue weighted by Crippen LogP contribution is -2.44. The molecule has 0 aliphatic heterocycles. The first kappa shape index (κ1) is 12.9. The Hall–Kier alpha value is -0.190. The summed E-state index contributed by atoms with van der Waals surface area (Å²) < 4.78 is 31.7. The Bertz CT molecular complexity index is 233. The monoisotopic (exact) mass is 284 g/mol. The quantitative estimate of drug-likeness (QED) is 0.588. The molecule has 0 saturated heterocycles. The van der Waals surface area contributed by atoms with Crippen LogP contribution < -0.4 is 0 Å². The van der Waals surface area contributed by atoms with E-state index in [2.05, 4.69) is 20.7 Å². The lowest BCUT2D eigenvalue weighted by Gasteiger charge is -2.32. The molecule has 0 heterocycles. The van der Waals surface area contributed by atoms with Gasteiger partial charge in [0.1, 0.15) is 0 Å². The van der Waals surface area contributed by atoms with Crippen molar-refractivity contribution in [3.63, 3.8) is 0 Å². The fourth-order valence-corrected chi connectivity index (χ4v) is 2.79. The third-order valence-electron chi connectivity index (χ3n) is 2.69. The molecule has 2 atom stereocenters.